The fraction of sp³-hybridized carbons (Fsp3) is 0.259. The molecule has 0 saturated carbocycles. The van der Waals surface area contributed by atoms with Crippen molar-refractivity contribution in [1.82, 2.24) is 10.2 Å². The third kappa shape index (κ3) is 5.22. The molecule has 0 aliphatic carbocycles. The maximum Gasteiger partial charge on any atom is 0.256 e. The van der Waals surface area contributed by atoms with Crippen LogP contribution in [0.25, 0.3) is 0 Å². The van der Waals surface area contributed by atoms with Crippen molar-refractivity contribution in [2.45, 2.75) is 18.8 Å². The molecule has 1 heterocycles. The third-order valence-electron chi connectivity index (χ3n) is 6.04. The van der Waals surface area contributed by atoms with Crippen molar-refractivity contribution >= 4 is 11.8 Å². The lowest BCUT2D eigenvalue weighted by Gasteiger charge is -2.37. The van der Waals surface area contributed by atoms with Crippen LogP contribution in [0.15, 0.2) is 84.9 Å². The first-order chi connectivity index (χ1) is 15.6. The molecule has 4 nitrogen and oxygen atoms in total. The van der Waals surface area contributed by atoms with Gasteiger partial charge in [0.15, 0.2) is 0 Å². The largest absolute Gasteiger partial charge is 0.355 e. The van der Waals surface area contributed by atoms with E-state index in [4.69, 9.17) is 0 Å². The quantitative estimate of drug-likeness (QED) is 0.629. The third-order valence-corrected chi connectivity index (χ3v) is 6.04. The van der Waals surface area contributed by atoms with Crippen molar-refractivity contribution < 1.29 is 14.0 Å². The van der Waals surface area contributed by atoms with Crippen LogP contribution in [-0.4, -0.2) is 36.3 Å². The molecule has 1 saturated heterocycles. The topological polar surface area (TPSA) is 49.4 Å². The van der Waals surface area contributed by atoms with Crippen LogP contribution in [0.5, 0.6) is 0 Å². The van der Waals surface area contributed by atoms with Crippen LogP contribution in [0.3, 0.4) is 0 Å². The summed E-state index contributed by atoms with van der Waals surface area (Å²) in [7, 11) is 0. The van der Waals surface area contributed by atoms with Crippen molar-refractivity contribution in [3.05, 3.63) is 107 Å². The highest BCUT2D eigenvalue weighted by Crippen LogP contribution is 2.31. The molecule has 0 bridgehead atoms. The maximum atomic E-state index is 14.3. The van der Waals surface area contributed by atoms with Gasteiger partial charge in [0.1, 0.15) is 5.82 Å². The van der Waals surface area contributed by atoms with Gasteiger partial charge in [0.05, 0.1) is 11.5 Å². The molecular formula is C27H27FN2O2. The van der Waals surface area contributed by atoms with Gasteiger partial charge in [-0.05, 0) is 36.1 Å². The Bertz CT molecular complexity index is 1060. The van der Waals surface area contributed by atoms with E-state index >= 15 is 0 Å². The van der Waals surface area contributed by atoms with Crippen LogP contribution in [0.1, 0.15) is 33.8 Å². The summed E-state index contributed by atoms with van der Waals surface area (Å²) in [6, 6.07) is 25.9. The van der Waals surface area contributed by atoms with Crippen molar-refractivity contribution in [3.63, 3.8) is 0 Å². The Labute approximate surface area is 188 Å². The molecule has 3 aromatic rings. The van der Waals surface area contributed by atoms with Crippen LogP contribution >= 0.6 is 0 Å². The number of amides is 2. The molecule has 3 aromatic carbocycles. The fourth-order valence-electron chi connectivity index (χ4n) is 4.35. The molecule has 0 unspecified atom stereocenters. The standard InChI is InChI=1S/C27H27FN2O2/c28-25-14-8-7-13-24(25)27(32)30-18-22(21-11-5-2-6-12-21)17-23(19-30)26(31)29-16-15-20-9-3-1-4-10-20/h1-14,22-23H,15-19H2,(H,29,31)/t22-,23-/m0/s1. The van der Waals surface area contributed by atoms with Gasteiger partial charge in [-0.25, -0.2) is 4.39 Å². The highest BCUT2D eigenvalue weighted by Gasteiger charge is 2.35. The van der Waals surface area contributed by atoms with Crippen LogP contribution in [0.4, 0.5) is 4.39 Å². The van der Waals surface area contributed by atoms with E-state index in [2.05, 4.69) is 5.32 Å². The zero-order valence-electron chi connectivity index (χ0n) is 17.9. The number of carbonyl (C=O) groups is 2. The van der Waals surface area contributed by atoms with E-state index in [0.717, 1.165) is 17.5 Å². The van der Waals surface area contributed by atoms with Gasteiger partial charge < -0.3 is 10.2 Å². The minimum Gasteiger partial charge on any atom is -0.355 e. The van der Waals surface area contributed by atoms with E-state index in [1.165, 1.54) is 12.1 Å². The molecule has 1 fully saturated rings. The van der Waals surface area contributed by atoms with Crippen LogP contribution < -0.4 is 5.32 Å². The Morgan fingerprint density at radius 2 is 1.53 bits per heavy atom. The van der Waals surface area contributed by atoms with Gasteiger partial charge in [0.25, 0.3) is 5.91 Å². The molecule has 0 spiro atoms. The number of carbonyl (C=O) groups excluding carboxylic acids is 2. The lowest BCUT2D eigenvalue weighted by atomic mass is 9.83. The number of hydrogen-bond acceptors (Lipinski definition) is 2. The number of nitrogens with one attached hydrogen (secondary N) is 1. The molecule has 2 atom stereocenters. The molecule has 1 aliphatic heterocycles. The number of benzene rings is 3. The zero-order valence-corrected chi connectivity index (χ0v) is 17.9. The smallest absolute Gasteiger partial charge is 0.256 e. The average Bonchev–Trinajstić information content (AvgIpc) is 2.85. The fourth-order valence-corrected chi connectivity index (χ4v) is 4.35. The van der Waals surface area contributed by atoms with Gasteiger partial charge in [0.2, 0.25) is 5.91 Å². The Balaban J connectivity index is 1.48. The summed E-state index contributed by atoms with van der Waals surface area (Å²) in [5.41, 5.74) is 2.29. The average molecular weight is 431 g/mol. The number of rotatable bonds is 6. The SMILES string of the molecule is O=C(NCCc1ccccc1)[C@H]1C[C@H](c2ccccc2)CN(C(=O)c2ccccc2F)C1. The van der Waals surface area contributed by atoms with Crippen LogP contribution in [0, 0.1) is 11.7 Å². The van der Waals surface area contributed by atoms with E-state index in [0.29, 0.717) is 19.5 Å². The lowest BCUT2D eigenvalue weighted by molar-refractivity contribution is -0.126. The van der Waals surface area contributed by atoms with Gasteiger partial charge in [-0.3, -0.25) is 9.59 Å². The molecule has 164 valence electrons. The first-order valence-corrected chi connectivity index (χ1v) is 11.0. The number of nitrogens with zero attached hydrogens (tertiary/aromatic N) is 1. The van der Waals surface area contributed by atoms with Crippen LogP contribution in [-0.2, 0) is 11.2 Å². The second-order valence-electron chi connectivity index (χ2n) is 8.26. The Morgan fingerprint density at radius 3 is 2.25 bits per heavy atom. The van der Waals surface area contributed by atoms with Crippen molar-refractivity contribution in [2.24, 2.45) is 5.92 Å². The number of halogens is 1. The van der Waals surface area contributed by atoms with Gasteiger partial charge in [-0.2, -0.15) is 0 Å². The highest BCUT2D eigenvalue weighted by atomic mass is 19.1. The molecule has 0 aromatic heterocycles. The van der Waals surface area contributed by atoms with Crippen molar-refractivity contribution in [1.29, 1.82) is 0 Å². The van der Waals surface area contributed by atoms with Gasteiger partial charge >= 0.3 is 0 Å². The predicted octanol–water partition coefficient (Wildman–Crippen LogP) is 4.43. The Kier molecular flexibility index (Phi) is 6.95. The summed E-state index contributed by atoms with van der Waals surface area (Å²) in [5, 5.41) is 3.03. The molecule has 0 radical (unpaired) electrons. The van der Waals surface area contributed by atoms with E-state index in [1.54, 1.807) is 17.0 Å². The Hall–Kier alpha value is -3.47. The summed E-state index contributed by atoms with van der Waals surface area (Å²) in [4.78, 5) is 27.8. The molecule has 4 rings (SSSR count). The van der Waals surface area contributed by atoms with E-state index in [9.17, 15) is 14.0 Å². The first-order valence-electron chi connectivity index (χ1n) is 11.0. The van der Waals surface area contributed by atoms with Gasteiger partial charge in [-0.15, -0.1) is 0 Å². The summed E-state index contributed by atoms with van der Waals surface area (Å²) >= 11 is 0. The van der Waals surface area contributed by atoms with Crippen LogP contribution in [0.2, 0.25) is 0 Å². The number of likely N-dealkylation sites (tertiary alicyclic amines) is 1. The minimum absolute atomic E-state index is 0.0190. The predicted molar refractivity (Wildman–Crippen MR) is 123 cm³/mol. The van der Waals surface area contributed by atoms with E-state index in [-0.39, 0.29) is 35.8 Å². The van der Waals surface area contributed by atoms with E-state index in [1.807, 2.05) is 60.7 Å². The molecule has 32 heavy (non-hydrogen) atoms. The highest BCUT2D eigenvalue weighted by molar-refractivity contribution is 5.95. The monoisotopic (exact) mass is 430 g/mol. The summed E-state index contributed by atoms with van der Waals surface area (Å²) < 4.78 is 14.3. The van der Waals surface area contributed by atoms with Crippen molar-refractivity contribution in [3.8, 4) is 0 Å². The first kappa shape index (κ1) is 21.8. The molecular weight excluding hydrogens is 403 g/mol. The Morgan fingerprint density at radius 1 is 0.875 bits per heavy atom. The van der Waals surface area contributed by atoms with Crippen molar-refractivity contribution in [2.75, 3.05) is 19.6 Å². The molecule has 1 aliphatic rings. The summed E-state index contributed by atoms with van der Waals surface area (Å²) in [6.45, 7) is 1.29. The minimum atomic E-state index is -0.539. The number of hydrogen-bond donors (Lipinski definition) is 1. The zero-order chi connectivity index (χ0) is 22.3. The lowest BCUT2D eigenvalue weighted by Crippen LogP contribution is -2.48. The number of piperidine rings is 1. The summed E-state index contributed by atoms with van der Waals surface area (Å²) in [5.74, 6) is -1.30. The van der Waals surface area contributed by atoms with Gasteiger partial charge in [-0.1, -0.05) is 72.8 Å². The molecule has 2 amide bonds. The molecule has 1 N–H and O–H groups in total. The summed E-state index contributed by atoms with van der Waals surface area (Å²) in [6.07, 6.45) is 1.40. The second kappa shape index (κ2) is 10.2. The van der Waals surface area contributed by atoms with E-state index < -0.39 is 5.82 Å². The second-order valence-corrected chi connectivity index (χ2v) is 8.26. The normalized spacial score (nSPS) is 18.2. The van der Waals surface area contributed by atoms with Gasteiger partial charge in [0, 0.05) is 25.6 Å². The molecule has 5 heteroatoms. The maximum absolute atomic E-state index is 14.3.